The van der Waals surface area contributed by atoms with Crippen LogP contribution >= 0.6 is 0 Å². The van der Waals surface area contributed by atoms with Crippen molar-refractivity contribution in [3.8, 4) is 0 Å². The molecule has 0 aliphatic heterocycles. The van der Waals surface area contributed by atoms with Gasteiger partial charge in [-0.3, -0.25) is 0 Å². The first-order valence-electron chi connectivity index (χ1n) is 7.25. The fourth-order valence-corrected chi connectivity index (χ4v) is 2.42. The largest absolute Gasteiger partial charge is 0.416 e. The molecule has 0 radical (unpaired) electrons. The minimum atomic E-state index is -4.43. The lowest BCUT2D eigenvalue weighted by atomic mass is 9.90. The molecule has 0 fully saturated rings. The summed E-state index contributed by atoms with van der Waals surface area (Å²) in [4.78, 5) is 0. The van der Waals surface area contributed by atoms with Gasteiger partial charge < -0.3 is 10.2 Å². The number of aliphatic hydroxyl groups is 2. The SMILES string of the molecule is C=C/C(CO)=C(\c1ccc(C(F)(F)F)cc1)C(O)c1ccccc1. The first-order chi connectivity index (χ1) is 11.4. The number of halogens is 3. The van der Waals surface area contributed by atoms with Crippen LogP contribution in [0.4, 0.5) is 13.2 Å². The van der Waals surface area contributed by atoms with Gasteiger partial charge in [-0.15, -0.1) is 0 Å². The third-order valence-electron chi connectivity index (χ3n) is 3.67. The summed E-state index contributed by atoms with van der Waals surface area (Å²) in [5.41, 5.74) is 0.867. The van der Waals surface area contributed by atoms with Crippen molar-refractivity contribution in [1.29, 1.82) is 0 Å². The summed E-state index contributed by atoms with van der Waals surface area (Å²) in [6, 6.07) is 13.1. The number of aliphatic hydroxyl groups excluding tert-OH is 2. The van der Waals surface area contributed by atoms with Crippen LogP contribution in [0.3, 0.4) is 0 Å². The summed E-state index contributed by atoms with van der Waals surface area (Å²) >= 11 is 0. The van der Waals surface area contributed by atoms with Crippen LogP contribution < -0.4 is 0 Å². The predicted octanol–water partition coefficient (Wildman–Crippen LogP) is 4.37. The summed E-state index contributed by atoms with van der Waals surface area (Å²) in [7, 11) is 0. The lowest BCUT2D eigenvalue weighted by Gasteiger charge is -2.19. The molecule has 2 rings (SSSR count). The van der Waals surface area contributed by atoms with E-state index in [4.69, 9.17) is 0 Å². The van der Waals surface area contributed by atoms with Gasteiger partial charge in [0.2, 0.25) is 0 Å². The van der Waals surface area contributed by atoms with Crippen LogP contribution in [-0.4, -0.2) is 16.8 Å². The Morgan fingerprint density at radius 2 is 1.62 bits per heavy atom. The van der Waals surface area contributed by atoms with E-state index in [0.29, 0.717) is 22.3 Å². The molecule has 2 aromatic carbocycles. The van der Waals surface area contributed by atoms with Crippen LogP contribution in [0, 0.1) is 0 Å². The number of benzene rings is 2. The summed E-state index contributed by atoms with van der Waals surface area (Å²) in [6.07, 6.45) is -4.14. The molecule has 0 aliphatic rings. The van der Waals surface area contributed by atoms with Crippen molar-refractivity contribution in [2.24, 2.45) is 0 Å². The van der Waals surface area contributed by atoms with Gasteiger partial charge in [0.05, 0.1) is 12.2 Å². The van der Waals surface area contributed by atoms with Gasteiger partial charge in [-0.1, -0.05) is 55.1 Å². The molecule has 0 aromatic heterocycles. The van der Waals surface area contributed by atoms with Gasteiger partial charge in [0, 0.05) is 0 Å². The molecular formula is C19H17F3O2. The maximum absolute atomic E-state index is 12.7. The molecule has 2 nitrogen and oxygen atoms in total. The lowest BCUT2D eigenvalue weighted by molar-refractivity contribution is -0.137. The summed E-state index contributed by atoms with van der Waals surface area (Å²) < 4.78 is 38.2. The fourth-order valence-electron chi connectivity index (χ4n) is 2.42. The minimum Gasteiger partial charge on any atom is -0.392 e. The summed E-state index contributed by atoms with van der Waals surface area (Å²) in [6.45, 7) is 3.22. The fraction of sp³-hybridized carbons (Fsp3) is 0.158. The van der Waals surface area contributed by atoms with Crippen molar-refractivity contribution in [1.82, 2.24) is 0 Å². The normalized spacial score (nSPS) is 14.0. The second-order valence-electron chi connectivity index (χ2n) is 5.19. The average Bonchev–Trinajstić information content (AvgIpc) is 2.59. The number of rotatable bonds is 5. The zero-order valence-electron chi connectivity index (χ0n) is 12.8. The van der Waals surface area contributed by atoms with Gasteiger partial charge in [0.1, 0.15) is 6.10 Å². The van der Waals surface area contributed by atoms with Crippen molar-refractivity contribution in [2.75, 3.05) is 6.61 Å². The van der Waals surface area contributed by atoms with E-state index in [9.17, 15) is 23.4 Å². The van der Waals surface area contributed by atoms with E-state index in [-0.39, 0.29) is 6.61 Å². The van der Waals surface area contributed by atoms with Gasteiger partial charge in [-0.05, 0) is 34.4 Å². The van der Waals surface area contributed by atoms with Gasteiger partial charge >= 0.3 is 6.18 Å². The van der Waals surface area contributed by atoms with Crippen molar-refractivity contribution in [3.05, 3.63) is 89.5 Å². The molecule has 5 heteroatoms. The molecule has 24 heavy (non-hydrogen) atoms. The Bertz CT molecular complexity index is 717. The highest BCUT2D eigenvalue weighted by molar-refractivity contribution is 5.75. The Kier molecular flexibility index (Phi) is 5.59. The molecular weight excluding hydrogens is 317 g/mol. The highest BCUT2D eigenvalue weighted by atomic mass is 19.4. The Morgan fingerprint density at radius 1 is 1.04 bits per heavy atom. The van der Waals surface area contributed by atoms with E-state index in [1.165, 1.54) is 18.2 Å². The van der Waals surface area contributed by atoms with Crippen molar-refractivity contribution in [2.45, 2.75) is 12.3 Å². The van der Waals surface area contributed by atoms with Crippen LogP contribution in [0.2, 0.25) is 0 Å². The Hall–Kier alpha value is -2.37. The molecule has 0 saturated carbocycles. The maximum Gasteiger partial charge on any atom is 0.416 e. The van der Waals surface area contributed by atoms with Crippen LogP contribution in [0.25, 0.3) is 5.57 Å². The molecule has 0 bridgehead atoms. The molecule has 1 unspecified atom stereocenters. The zero-order valence-corrected chi connectivity index (χ0v) is 12.8. The van der Waals surface area contributed by atoms with Crippen molar-refractivity contribution < 1.29 is 23.4 Å². The van der Waals surface area contributed by atoms with Gasteiger partial charge in [0.15, 0.2) is 0 Å². The molecule has 0 saturated heterocycles. The molecule has 2 aromatic rings. The predicted molar refractivity (Wildman–Crippen MR) is 87.0 cm³/mol. The third kappa shape index (κ3) is 3.93. The van der Waals surface area contributed by atoms with Gasteiger partial charge in [0.25, 0.3) is 0 Å². The van der Waals surface area contributed by atoms with E-state index in [1.54, 1.807) is 30.3 Å². The monoisotopic (exact) mass is 334 g/mol. The standard InChI is InChI=1S/C19H17F3O2/c1-2-13(12-23)17(18(24)15-6-4-3-5-7-15)14-8-10-16(11-9-14)19(20,21)22/h2-11,18,23-24H,1,12H2/b17-13-. The second kappa shape index (κ2) is 7.47. The molecule has 0 heterocycles. The van der Waals surface area contributed by atoms with E-state index >= 15 is 0 Å². The van der Waals surface area contributed by atoms with E-state index in [1.807, 2.05) is 0 Å². The molecule has 126 valence electrons. The highest BCUT2D eigenvalue weighted by Gasteiger charge is 2.30. The van der Waals surface area contributed by atoms with E-state index in [2.05, 4.69) is 6.58 Å². The number of hydrogen-bond acceptors (Lipinski definition) is 2. The minimum absolute atomic E-state index is 0.326. The van der Waals surface area contributed by atoms with Crippen LogP contribution in [0.15, 0.2) is 72.8 Å². The summed E-state index contributed by atoms with van der Waals surface area (Å²) in [5, 5.41) is 20.2. The van der Waals surface area contributed by atoms with E-state index in [0.717, 1.165) is 12.1 Å². The van der Waals surface area contributed by atoms with E-state index < -0.39 is 17.8 Å². The smallest absolute Gasteiger partial charge is 0.392 e. The highest BCUT2D eigenvalue weighted by Crippen LogP contribution is 2.35. The maximum atomic E-state index is 12.7. The van der Waals surface area contributed by atoms with Crippen molar-refractivity contribution >= 4 is 5.57 Å². The van der Waals surface area contributed by atoms with Gasteiger partial charge in [-0.2, -0.15) is 13.2 Å². The molecule has 2 N–H and O–H groups in total. The first-order valence-corrected chi connectivity index (χ1v) is 7.25. The first kappa shape index (κ1) is 18.0. The topological polar surface area (TPSA) is 40.5 Å². The second-order valence-corrected chi connectivity index (χ2v) is 5.19. The lowest BCUT2D eigenvalue weighted by Crippen LogP contribution is -2.08. The van der Waals surface area contributed by atoms with Crippen LogP contribution in [0.1, 0.15) is 22.8 Å². The zero-order chi connectivity index (χ0) is 17.7. The number of alkyl halides is 3. The molecule has 0 amide bonds. The molecule has 0 spiro atoms. The third-order valence-corrected chi connectivity index (χ3v) is 3.67. The van der Waals surface area contributed by atoms with Crippen LogP contribution in [-0.2, 0) is 6.18 Å². The quantitative estimate of drug-likeness (QED) is 0.797. The van der Waals surface area contributed by atoms with Crippen LogP contribution in [0.5, 0.6) is 0 Å². The Morgan fingerprint density at radius 3 is 2.08 bits per heavy atom. The average molecular weight is 334 g/mol. The Labute approximate surface area is 138 Å². The number of hydrogen-bond donors (Lipinski definition) is 2. The molecule has 1 atom stereocenters. The Balaban J connectivity index is 2.52. The molecule has 0 aliphatic carbocycles. The van der Waals surface area contributed by atoms with Crippen molar-refractivity contribution in [3.63, 3.8) is 0 Å². The van der Waals surface area contributed by atoms with Gasteiger partial charge in [-0.25, -0.2) is 0 Å². The summed E-state index contributed by atoms with van der Waals surface area (Å²) in [5.74, 6) is 0.